The highest BCUT2D eigenvalue weighted by atomic mass is 19.1. The first-order chi connectivity index (χ1) is 13.1. The first-order valence-corrected chi connectivity index (χ1v) is 10.0. The van der Waals surface area contributed by atoms with Crippen molar-refractivity contribution >= 4 is 11.8 Å². The second-order valence-corrected chi connectivity index (χ2v) is 7.97. The molecular weight excluding hydrogens is 347 g/mol. The molecule has 0 N–H and O–H groups in total. The lowest BCUT2D eigenvalue weighted by Crippen LogP contribution is -2.55. The summed E-state index contributed by atoms with van der Waals surface area (Å²) in [7, 11) is 0. The van der Waals surface area contributed by atoms with Gasteiger partial charge in [-0.1, -0.05) is 18.6 Å². The van der Waals surface area contributed by atoms with Gasteiger partial charge in [-0.2, -0.15) is 0 Å². The van der Waals surface area contributed by atoms with E-state index in [1.54, 1.807) is 12.1 Å². The Kier molecular flexibility index (Phi) is 5.17. The van der Waals surface area contributed by atoms with Gasteiger partial charge >= 0.3 is 0 Å². The molecule has 0 radical (unpaired) electrons. The van der Waals surface area contributed by atoms with Gasteiger partial charge in [-0.25, -0.2) is 4.39 Å². The summed E-state index contributed by atoms with van der Waals surface area (Å²) in [5.74, 6) is -0.138. The van der Waals surface area contributed by atoms with Crippen LogP contribution >= 0.6 is 0 Å². The van der Waals surface area contributed by atoms with E-state index < -0.39 is 5.41 Å². The Bertz CT molecular complexity index is 696. The zero-order valence-corrected chi connectivity index (χ0v) is 15.7. The molecule has 5 nitrogen and oxygen atoms in total. The number of nitrogens with zero attached hydrogens (tertiary/aromatic N) is 2. The van der Waals surface area contributed by atoms with Gasteiger partial charge in [0, 0.05) is 26.2 Å². The number of likely N-dealkylation sites (tertiary alicyclic amines) is 1. The molecule has 1 unspecified atom stereocenters. The van der Waals surface area contributed by atoms with Crippen LogP contribution in [0.2, 0.25) is 0 Å². The standard InChI is InChI=1S/C21H27FN2O3/c22-18-6-4-17(5-7-18)21(8-2-9-21)20(26)24-10-1-3-16(15-24)19(25)23-11-13-27-14-12-23/h4-7,16H,1-3,8-15H2. The van der Waals surface area contributed by atoms with E-state index >= 15 is 0 Å². The normalized spacial score (nSPS) is 25.0. The van der Waals surface area contributed by atoms with Crippen molar-refractivity contribution in [1.29, 1.82) is 0 Å². The fourth-order valence-electron chi connectivity index (χ4n) is 4.63. The van der Waals surface area contributed by atoms with Crippen LogP contribution in [0.4, 0.5) is 4.39 Å². The quantitative estimate of drug-likeness (QED) is 0.816. The minimum Gasteiger partial charge on any atom is -0.378 e. The summed E-state index contributed by atoms with van der Waals surface area (Å²) >= 11 is 0. The van der Waals surface area contributed by atoms with E-state index in [9.17, 15) is 14.0 Å². The average molecular weight is 374 g/mol. The van der Waals surface area contributed by atoms with Crippen LogP contribution in [0, 0.1) is 11.7 Å². The first-order valence-electron chi connectivity index (χ1n) is 10.0. The Morgan fingerprint density at radius 2 is 1.70 bits per heavy atom. The highest BCUT2D eigenvalue weighted by Crippen LogP contribution is 2.45. The number of halogens is 1. The van der Waals surface area contributed by atoms with Crippen LogP contribution in [0.5, 0.6) is 0 Å². The maximum Gasteiger partial charge on any atom is 0.233 e. The fourth-order valence-corrected chi connectivity index (χ4v) is 4.63. The van der Waals surface area contributed by atoms with E-state index in [4.69, 9.17) is 4.74 Å². The van der Waals surface area contributed by atoms with Gasteiger partial charge in [0.05, 0.1) is 24.5 Å². The number of carbonyl (C=O) groups is 2. The molecule has 3 aliphatic rings. The topological polar surface area (TPSA) is 49.9 Å². The third kappa shape index (κ3) is 3.47. The van der Waals surface area contributed by atoms with Crippen LogP contribution in [0.3, 0.4) is 0 Å². The zero-order chi connectivity index (χ0) is 18.9. The Morgan fingerprint density at radius 3 is 2.33 bits per heavy atom. The van der Waals surface area contributed by atoms with Crippen LogP contribution < -0.4 is 0 Å². The number of piperidine rings is 1. The average Bonchev–Trinajstić information content (AvgIpc) is 2.68. The van der Waals surface area contributed by atoms with Crippen LogP contribution in [0.15, 0.2) is 24.3 Å². The lowest BCUT2D eigenvalue weighted by Gasteiger charge is -2.46. The molecule has 1 saturated carbocycles. The Hall–Kier alpha value is -1.95. The number of carbonyl (C=O) groups excluding carboxylic acids is 2. The minimum absolute atomic E-state index is 0.111. The van der Waals surface area contributed by atoms with Crippen molar-refractivity contribution < 1.29 is 18.7 Å². The number of morpholine rings is 1. The molecule has 146 valence electrons. The molecule has 0 bridgehead atoms. The smallest absolute Gasteiger partial charge is 0.233 e. The van der Waals surface area contributed by atoms with Crippen molar-refractivity contribution in [3.05, 3.63) is 35.6 Å². The molecule has 1 aliphatic carbocycles. The van der Waals surface area contributed by atoms with E-state index in [-0.39, 0.29) is 23.5 Å². The Balaban J connectivity index is 1.47. The number of hydrogen-bond acceptors (Lipinski definition) is 3. The minimum atomic E-state index is -0.530. The van der Waals surface area contributed by atoms with Gasteiger partial charge in [0.15, 0.2) is 0 Å². The van der Waals surface area contributed by atoms with Crippen molar-refractivity contribution in [2.75, 3.05) is 39.4 Å². The highest BCUT2D eigenvalue weighted by Gasteiger charge is 2.48. The van der Waals surface area contributed by atoms with Gasteiger partial charge in [-0.05, 0) is 43.4 Å². The van der Waals surface area contributed by atoms with Crippen LogP contribution in [-0.4, -0.2) is 61.0 Å². The van der Waals surface area contributed by atoms with Crippen molar-refractivity contribution in [2.45, 2.75) is 37.5 Å². The van der Waals surface area contributed by atoms with E-state index in [1.165, 1.54) is 12.1 Å². The van der Waals surface area contributed by atoms with Crippen molar-refractivity contribution in [3.63, 3.8) is 0 Å². The van der Waals surface area contributed by atoms with Crippen molar-refractivity contribution in [1.82, 2.24) is 9.80 Å². The van der Waals surface area contributed by atoms with Gasteiger partial charge in [0.25, 0.3) is 0 Å². The number of amides is 2. The van der Waals surface area contributed by atoms with Crippen LogP contribution in [-0.2, 0) is 19.7 Å². The number of hydrogen-bond donors (Lipinski definition) is 0. The molecule has 6 heteroatoms. The summed E-state index contributed by atoms with van der Waals surface area (Å²) in [5, 5.41) is 0. The van der Waals surface area contributed by atoms with E-state index in [0.29, 0.717) is 39.4 Å². The molecule has 1 atom stereocenters. The second-order valence-electron chi connectivity index (χ2n) is 7.97. The van der Waals surface area contributed by atoms with Gasteiger partial charge in [-0.15, -0.1) is 0 Å². The molecule has 1 aromatic carbocycles. The second kappa shape index (κ2) is 7.58. The number of rotatable bonds is 3. The maximum atomic E-state index is 13.4. The molecule has 0 spiro atoms. The summed E-state index contributed by atoms with van der Waals surface area (Å²) in [6, 6.07) is 6.35. The number of ether oxygens (including phenoxy) is 1. The van der Waals surface area contributed by atoms with Gasteiger partial charge in [0.2, 0.25) is 11.8 Å². The summed E-state index contributed by atoms with van der Waals surface area (Å²) in [4.78, 5) is 30.0. The summed E-state index contributed by atoms with van der Waals surface area (Å²) < 4.78 is 18.7. The van der Waals surface area contributed by atoms with Gasteiger partial charge in [-0.3, -0.25) is 9.59 Å². The molecule has 27 heavy (non-hydrogen) atoms. The predicted octanol–water partition coefficient (Wildman–Crippen LogP) is 2.34. The molecule has 2 aliphatic heterocycles. The van der Waals surface area contributed by atoms with E-state index in [0.717, 1.165) is 37.7 Å². The van der Waals surface area contributed by atoms with E-state index in [2.05, 4.69) is 0 Å². The largest absolute Gasteiger partial charge is 0.378 e. The molecule has 0 aromatic heterocycles. The van der Waals surface area contributed by atoms with Gasteiger partial charge < -0.3 is 14.5 Å². The molecule has 3 fully saturated rings. The number of benzene rings is 1. The van der Waals surface area contributed by atoms with E-state index in [1.807, 2.05) is 9.80 Å². The van der Waals surface area contributed by atoms with Gasteiger partial charge in [0.1, 0.15) is 5.82 Å². The molecular formula is C21H27FN2O3. The van der Waals surface area contributed by atoms with Crippen molar-refractivity contribution in [2.24, 2.45) is 5.92 Å². The molecule has 4 rings (SSSR count). The summed E-state index contributed by atoms with van der Waals surface area (Å²) in [6.07, 6.45) is 4.30. The lowest BCUT2D eigenvalue weighted by molar-refractivity contribution is -0.148. The summed E-state index contributed by atoms with van der Waals surface area (Å²) in [5.41, 5.74) is 0.374. The first kappa shape index (κ1) is 18.4. The SMILES string of the molecule is O=C(C1CCCN(C(=O)C2(c3ccc(F)cc3)CCC2)C1)N1CCOCC1. The summed E-state index contributed by atoms with van der Waals surface area (Å²) in [6.45, 7) is 3.67. The fraction of sp³-hybridized carbons (Fsp3) is 0.619. The Labute approximate surface area is 159 Å². The lowest BCUT2D eigenvalue weighted by atomic mass is 9.63. The molecule has 2 amide bonds. The molecule has 2 heterocycles. The van der Waals surface area contributed by atoms with Crippen LogP contribution in [0.1, 0.15) is 37.7 Å². The van der Waals surface area contributed by atoms with Crippen LogP contribution in [0.25, 0.3) is 0 Å². The third-order valence-electron chi connectivity index (χ3n) is 6.39. The van der Waals surface area contributed by atoms with Crippen molar-refractivity contribution in [3.8, 4) is 0 Å². The highest BCUT2D eigenvalue weighted by molar-refractivity contribution is 5.90. The monoisotopic (exact) mass is 374 g/mol. The predicted molar refractivity (Wildman–Crippen MR) is 98.6 cm³/mol. The maximum absolute atomic E-state index is 13.4. The Morgan fingerprint density at radius 1 is 1.00 bits per heavy atom. The molecule has 2 saturated heterocycles. The zero-order valence-electron chi connectivity index (χ0n) is 15.7. The molecule has 1 aromatic rings. The third-order valence-corrected chi connectivity index (χ3v) is 6.39.